The third-order valence-corrected chi connectivity index (χ3v) is 2.46. The van der Waals surface area contributed by atoms with Crippen molar-refractivity contribution in [1.82, 2.24) is 5.32 Å². The third-order valence-electron chi connectivity index (χ3n) is 1.91. The maximum absolute atomic E-state index is 13.2. The molecule has 0 spiro atoms. The summed E-state index contributed by atoms with van der Waals surface area (Å²) in [5, 5.41) is 3.64. The molecule has 0 fully saturated rings. The Balaban J connectivity index is 2.72. The van der Waals surface area contributed by atoms with Crippen LogP contribution in [0.3, 0.4) is 0 Å². The van der Waals surface area contributed by atoms with E-state index in [0.29, 0.717) is 29.6 Å². The molecule has 4 heteroatoms. The van der Waals surface area contributed by atoms with Gasteiger partial charge in [0.05, 0.1) is 0 Å². The normalized spacial score (nSPS) is 10.6. The van der Waals surface area contributed by atoms with Crippen molar-refractivity contribution in [2.75, 3.05) is 12.4 Å². The fourth-order valence-electron chi connectivity index (χ4n) is 1.11. The average molecular weight is 236 g/mol. The Hall–Kier alpha value is -0.310. The predicted molar refractivity (Wildman–Crippen MR) is 58.6 cm³/mol. The van der Waals surface area contributed by atoms with Gasteiger partial charge < -0.3 is 5.32 Å². The molecule has 78 valence electrons. The van der Waals surface area contributed by atoms with Gasteiger partial charge in [-0.3, -0.25) is 0 Å². The van der Waals surface area contributed by atoms with Crippen molar-refractivity contribution >= 4 is 23.2 Å². The van der Waals surface area contributed by atoms with Gasteiger partial charge >= 0.3 is 0 Å². The number of hydrogen-bond acceptors (Lipinski definition) is 1. The minimum absolute atomic E-state index is 0.225. The van der Waals surface area contributed by atoms with Crippen LogP contribution in [0.5, 0.6) is 0 Å². The highest BCUT2D eigenvalue weighted by Crippen LogP contribution is 2.20. The van der Waals surface area contributed by atoms with E-state index in [9.17, 15) is 4.39 Å². The number of benzene rings is 1. The van der Waals surface area contributed by atoms with Gasteiger partial charge in [0.15, 0.2) is 0 Å². The smallest absolute Gasteiger partial charge is 0.126 e. The molecule has 0 atom stereocenters. The second kappa shape index (κ2) is 5.54. The Morgan fingerprint density at radius 2 is 2.14 bits per heavy atom. The first kappa shape index (κ1) is 11.8. The Morgan fingerprint density at radius 3 is 2.79 bits per heavy atom. The third kappa shape index (κ3) is 3.12. The molecule has 0 heterocycles. The van der Waals surface area contributed by atoms with Crippen LogP contribution in [-0.4, -0.2) is 12.4 Å². The number of halogens is 3. The monoisotopic (exact) mass is 235 g/mol. The number of nitrogens with one attached hydrogen (secondary N) is 1. The maximum atomic E-state index is 13.2. The minimum atomic E-state index is -0.225. The lowest BCUT2D eigenvalue weighted by atomic mass is 10.1. The van der Waals surface area contributed by atoms with Gasteiger partial charge in [0, 0.05) is 24.0 Å². The zero-order chi connectivity index (χ0) is 10.6. The molecule has 0 aromatic heterocycles. The molecule has 0 unspecified atom stereocenters. The largest absolute Gasteiger partial charge is 0.311 e. The molecule has 0 aliphatic rings. The number of rotatable bonds is 4. The van der Waals surface area contributed by atoms with Gasteiger partial charge in [0.2, 0.25) is 0 Å². The number of hydrogen-bond donors (Lipinski definition) is 1. The highest BCUT2D eigenvalue weighted by atomic mass is 35.5. The standard InChI is InChI=1S/C10H12Cl2FN/c1-7-4-9(12)8(5-10(7)13)6-14-3-2-11/h4-5,14H,2-3,6H2,1H3. The lowest BCUT2D eigenvalue weighted by Gasteiger charge is -2.07. The Labute approximate surface area is 93.2 Å². The van der Waals surface area contributed by atoms with E-state index in [0.717, 1.165) is 5.56 Å². The fourth-order valence-corrected chi connectivity index (χ4v) is 1.53. The molecule has 0 saturated heterocycles. The fraction of sp³-hybridized carbons (Fsp3) is 0.400. The molecule has 0 bridgehead atoms. The van der Waals surface area contributed by atoms with E-state index >= 15 is 0 Å². The molecule has 1 aromatic rings. The molecular formula is C10H12Cl2FN. The van der Waals surface area contributed by atoms with E-state index in [-0.39, 0.29) is 5.82 Å². The second-order valence-corrected chi connectivity index (χ2v) is 3.84. The van der Waals surface area contributed by atoms with E-state index in [1.54, 1.807) is 13.0 Å². The second-order valence-electron chi connectivity index (χ2n) is 3.06. The average Bonchev–Trinajstić information content (AvgIpc) is 2.14. The summed E-state index contributed by atoms with van der Waals surface area (Å²) in [6.45, 7) is 2.92. The number of alkyl halides is 1. The van der Waals surface area contributed by atoms with Gasteiger partial charge in [-0.05, 0) is 30.2 Å². The van der Waals surface area contributed by atoms with Gasteiger partial charge in [0.25, 0.3) is 0 Å². The van der Waals surface area contributed by atoms with E-state index in [4.69, 9.17) is 23.2 Å². The van der Waals surface area contributed by atoms with Crippen LogP contribution in [0.25, 0.3) is 0 Å². The molecule has 0 saturated carbocycles. The molecule has 1 nitrogen and oxygen atoms in total. The van der Waals surface area contributed by atoms with Gasteiger partial charge in [-0.1, -0.05) is 11.6 Å². The topological polar surface area (TPSA) is 12.0 Å². The van der Waals surface area contributed by atoms with Crippen molar-refractivity contribution in [3.8, 4) is 0 Å². The van der Waals surface area contributed by atoms with Crippen LogP contribution in [0.1, 0.15) is 11.1 Å². The molecule has 0 amide bonds. The number of aryl methyl sites for hydroxylation is 1. The van der Waals surface area contributed by atoms with Gasteiger partial charge in [-0.25, -0.2) is 4.39 Å². The van der Waals surface area contributed by atoms with Gasteiger partial charge in [-0.15, -0.1) is 11.6 Å². The van der Waals surface area contributed by atoms with Crippen LogP contribution in [-0.2, 0) is 6.54 Å². The van der Waals surface area contributed by atoms with E-state index in [1.165, 1.54) is 6.07 Å². The quantitative estimate of drug-likeness (QED) is 0.625. The van der Waals surface area contributed by atoms with Crippen LogP contribution in [0.2, 0.25) is 5.02 Å². The van der Waals surface area contributed by atoms with Crippen molar-refractivity contribution in [3.63, 3.8) is 0 Å². The summed E-state index contributed by atoms with van der Waals surface area (Å²) in [6, 6.07) is 3.09. The minimum Gasteiger partial charge on any atom is -0.311 e. The van der Waals surface area contributed by atoms with Gasteiger partial charge in [0.1, 0.15) is 5.82 Å². The summed E-state index contributed by atoms with van der Waals surface area (Å²) in [5.41, 5.74) is 1.33. The van der Waals surface area contributed by atoms with Crippen molar-refractivity contribution in [3.05, 3.63) is 34.1 Å². The summed E-state index contributed by atoms with van der Waals surface area (Å²) < 4.78 is 13.2. The van der Waals surface area contributed by atoms with Crippen LogP contribution < -0.4 is 5.32 Å². The first-order valence-electron chi connectivity index (χ1n) is 4.36. The van der Waals surface area contributed by atoms with Gasteiger partial charge in [-0.2, -0.15) is 0 Å². The van der Waals surface area contributed by atoms with Crippen LogP contribution in [0.15, 0.2) is 12.1 Å². The summed E-state index contributed by atoms with van der Waals surface area (Å²) in [6.07, 6.45) is 0. The first-order valence-corrected chi connectivity index (χ1v) is 5.27. The van der Waals surface area contributed by atoms with Crippen LogP contribution >= 0.6 is 23.2 Å². The SMILES string of the molecule is Cc1cc(Cl)c(CNCCCl)cc1F. The van der Waals surface area contributed by atoms with E-state index in [2.05, 4.69) is 5.32 Å². The van der Waals surface area contributed by atoms with E-state index < -0.39 is 0 Å². The van der Waals surface area contributed by atoms with Crippen LogP contribution in [0, 0.1) is 12.7 Å². The summed E-state index contributed by atoms with van der Waals surface area (Å²) in [5.74, 6) is 0.309. The molecule has 0 radical (unpaired) electrons. The highest BCUT2D eigenvalue weighted by Gasteiger charge is 2.04. The summed E-state index contributed by atoms with van der Waals surface area (Å²) in [7, 11) is 0. The zero-order valence-electron chi connectivity index (χ0n) is 7.91. The summed E-state index contributed by atoms with van der Waals surface area (Å²) in [4.78, 5) is 0. The van der Waals surface area contributed by atoms with Crippen molar-refractivity contribution in [2.45, 2.75) is 13.5 Å². The van der Waals surface area contributed by atoms with Crippen LogP contribution in [0.4, 0.5) is 4.39 Å². The highest BCUT2D eigenvalue weighted by molar-refractivity contribution is 6.31. The molecular weight excluding hydrogens is 224 g/mol. The molecule has 0 aliphatic carbocycles. The summed E-state index contributed by atoms with van der Waals surface area (Å²) >= 11 is 11.4. The zero-order valence-corrected chi connectivity index (χ0v) is 9.42. The Morgan fingerprint density at radius 1 is 1.43 bits per heavy atom. The molecule has 1 aromatic carbocycles. The Bertz CT molecular complexity index is 315. The van der Waals surface area contributed by atoms with Crippen molar-refractivity contribution in [1.29, 1.82) is 0 Å². The predicted octanol–water partition coefficient (Wildman–Crippen LogP) is 3.12. The van der Waals surface area contributed by atoms with Crippen molar-refractivity contribution in [2.24, 2.45) is 0 Å². The Kier molecular flexibility index (Phi) is 4.66. The molecule has 0 aliphatic heterocycles. The first-order chi connectivity index (χ1) is 6.65. The lowest BCUT2D eigenvalue weighted by Crippen LogP contribution is -2.16. The molecule has 1 rings (SSSR count). The molecule has 1 N–H and O–H groups in total. The molecule has 14 heavy (non-hydrogen) atoms. The van der Waals surface area contributed by atoms with Crippen molar-refractivity contribution < 1.29 is 4.39 Å². The lowest BCUT2D eigenvalue weighted by molar-refractivity contribution is 0.613. The van der Waals surface area contributed by atoms with E-state index in [1.807, 2.05) is 0 Å². The maximum Gasteiger partial charge on any atom is 0.126 e.